The number of fused-ring (bicyclic) bond motifs is 1. The molecule has 0 atom stereocenters. The van der Waals surface area contributed by atoms with Gasteiger partial charge >= 0.3 is 0 Å². The van der Waals surface area contributed by atoms with E-state index in [1.165, 1.54) is 38.0 Å². The van der Waals surface area contributed by atoms with Crippen molar-refractivity contribution in [1.29, 1.82) is 0 Å². The lowest BCUT2D eigenvalue weighted by Crippen LogP contribution is -2.43. The van der Waals surface area contributed by atoms with Gasteiger partial charge in [-0.15, -0.1) is 11.3 Å². The van der Waals surface area contributed by atoms with Crippen molar-refractivity contribution in [3.05, 3.63) is 97.1 Å². The fourth-order valence-electron chi connectivity index (χ4n) is 4.58. The monoisotopic (exact) mass is 447 g/mol. The summed E-state index contributed by atoms with van der Waals surface area (Å²) in [6.45, 7) is 4.20. The molecule has 162 valence electrons. The first-order valence-corrected chi connectivity index (χ1v) is 12.3. The number of thiazole rings is 1. The van der Waals surface area contributed by atoms with Crippen LogP contribution in [0.5, 0.6) is 0 Å². The number of benzene rings is 4. The third-order valence-electron chi connectivity index (χ3n) is 6.30. The van der Waals surface area contributed by atoms with Crippen molar-refractivity contribution >= 4 is 27.8 Å². The van der Waals surface area contributed by atoms with E-state index in [2.05, 4.69) is 107 Å². The van der Waals surface area contributed by atoms with Crippen LogP contribution >= 0.6 is 11.3 Å². The van der Waals surface area contributed by atoms with Gasteiger partial charge in [0.15, 0.2) is 0 Å². The molecule has 0 amide bonds. The highest BCUT2D eigenvalue weighted by Crippen LogP contribution is 2.42. The topological polar surface area (TPSA) is 28.2 Å². The number of nitrogens with one attached hydrogen (secondary N) is 1. The number of anilines is 1. The molecule has 4 heteroatoms. The maximum atomic E-state index is 5.21. The van der Waals surface area contributed by atoms with Crippen molar-refractivity contribution in [3.8, 4) is 32.3 Å². The Bertz CT molecular complexity index is 1380. The van der Waals surface area contributed by atoms with Crippen LogP contribution in [0.2, 0.25) is 0 Å². The van der Waals surface area contributed by atoms with Gasteiger partial charge in [-0.3, -0.25) is 0 Å². The van der Waals surface area contributed by atoms with Crippen LogP contribution in [0.25, 0.3) is 43.0 Å². The molecule has 0 aliphatic carbocycles. The molecule has 1 aliphatic heterocycles. The summed E-state index contributed by atoms with van der Waals surface area (Å²) in [5.74, 6) is 0. The van der Waals surface area contributed by atoms with E-state index in [4.69, 9.17) is 4.98 Å². The molecule has 1 fully saturated rings. The summed E-state index contributed by atoms with van der Waals surface area (Å²) in [5, 5.41) is 6.96. The highest BCUT2D eigenvalue weighted by Gasteiger charge is 2.18. The predicted octanol–water partition coefficient (Wildman–Crippen LogP) is 6.71. The first-order valence-electron chi connectivity index (χ1n) is 11.5. The average molecular weight is 448 g/mol. The predicted molar refractivity (Wildman–Crippen MR) is 141 cm³/mol. The van der Waals surface area contributed by atoms with Gasteiger partial charge in [0, 0.05) is 43.0 Å². The molecule has 1 saturated heterocycles. The molecular formula is C29H25N3S. The van der Waals surface area contributed by atoms with E-state index in [0.717, 1.165) is 36.9 Å². The molecule has 6 rings (SSSR count). The Kier molecular flexibility index (Phi) is 5.38. The smallest absolute Gasteiger partial charge is 0.124 e. The van der Waals surface area contributed by atoms with Crippen molar-refractivity contribution in [2.24, 2.45) is 0 Å². The quantitative estimate of drug-likeness (QED) is 0.332. The molecule has 5 aromatic rings. The van der Waals surface area contributed by atoms with Crippen LogP contribution in [0.15, 0.2) is 97.1 Å². The van der Waals surface area contributed by atoms with E-state index in [0.29, 0.717) is 0 Å². The van der Waals surface area contributed by atoms with E-state index in [9.17, 15) is 0 Å². The first kappa shape index (κ1) is 20.2. The zero-order valence-corrected chi connectivity index (χ0v) is 19.2. The third kappa shape index (κ3) is 3.92. The van der Waals surface area contributed by atoms with Gasteiger partial charge in [-0.05, 0) is 40.6 Å². The van der Waals surface area contributed by atoms with E-state index in [1.54, 1.807) is 11.3 Å². The Morgan fingerprint density at radius 3 is 2.24 bits per heavy atom. The summed E-state index contributed by atoms with van der Waals surface area (Å²) < 4.78 is 0. The lowest BCUT2D eigenvalue weighted by Gasteiger charge is -2.29. The number of rotatable bonds is 4. The molecular weight excluding hydrogens is 422 g/mol. The lowest BCUT2D eigenvalue weighted by molar-refractivity contribution is 0.589. The maximum absolute atomic E-state index is 5.21. The van der Waals surface area contributed by atoms with Gasteiger partial charge in [-0.25, -0.2) is 4.98 Å². The average Bonchev–Trinajstić information content (AvgIpc) is 3.35. The number of aromatic nitrogens is 1. The Morgan fingerprint density at radius 1 is 0.697 bits per heavy atom. The van der Waals surface area contributed by atoms with Crippen LogP contribution in [0, 0.1) is 0 Å². The van der Waals surface area contributed by atoms with Crippen LogP contribution in [-0.4, -0.2) is 31.2 Å². The summed E-state index contributed by atoms with van der Waals surface area (Å²) in [7, 11) is 0. The van der Waals surface area contributed by atoms with Gasteiger partial charge < -0.3 is 10.2 Å². The van der Waals surface area contributed by atoms with Crippen molar-refractivity contribution in [3.63, 3.8) is 0 Å². The number of nitrogens with zero attached hydrogens (tertiary/aromatic N) is 2. The summed E-state index contributed by atoms with van der Waals surface area (Å²) in [6.07, 6.45) is 0. The fraction of sp³-hybridized carbons (Fsp3) is 0.138. The normalized spacial score (nSPS) is 14.0. The zero-order valence-electron chi connectivity index (χ0n) is 18.4. The number of hydrogen-bond acceptors (Lipinski definition) is 4. The fourth-order valence-corrected chi connectivity index (χ4v) is 5.67. The van der Waals surface area contributed by atoms with E-state index in [1.807, 2.05) is 0 Å². The summed E-state index contributed by atoms with van der Waals surface area (Å²) in [4.78, 5) is 8.87. The molecule has 4 aromatic carbocycles. The SMILES string of the molecule is c1ccc(-c2sc(-c3ccc(N4CCNCC4)cc3)nc2-c2cccc3ccccc23)cc1. The minimum atomic E-state index is 1.04. The molecule has 0 saturated carbocycles. The van der Waals surface area contributed by atoms with Gasteiger partial charge in [0.05, 0.1) is 10.6 Å². The van der Waals surface area contributed by atoms with Gasteiger partial charge in [0.1, 0.15) is 5.01 Å². The highest BCUT2D eigenvalue weighted by molar-refractivity contribution is 7.19. The standard InChI is InChI=1S/C29H25N3S/c1-2-8-22(9-3-1)28-27(26-12-6-10-21-7-4-5-11-25(21)26)31-29(33-28)23-13-15-24(16-14-23)32-19-17-30-18-20-32/h1-16,30H,17-20H2. The minimum absolute atomic E-state index is 1.04. The van der Waals surface area contributed by atoms with E-state index in [-0.39, 0.29) is 0 Å². The molecule has 1 N–H and O–H groups in total. The first-order chi connectivity index (χ1) is 16.4. The van der Waals surface area contributed by atoms with Crippen molar-refractivity contribution < 1.29 is 0 Å². The minimum Gasteiger partial charge on any atom is -0.369 e. The molecule has 3 nitrogen and oxygen atoms in total. The summed E-state index contributed by atoms with van der Waals surface area (Å²) in [5.41, 5.74) is 5.91. The largest absolute Gasteiger partial charge is 0.369 e. The Hall–Kier alpha value is -3.47. The van der Waals surface area contributed by atoms with Crippen LogP contribution in [0.4, 0.5) is 5.69 Å². The lowest BCUT2D eigenvalue weighted by atomic mass is 10.00. The zero-order chi connectivity index (χ0) is 22.0. The molecule has 0 spiro atoms. The van der Waals surface area contributed by atoms with Crippen LogP contribution in [0.3, 0.4) is 0 Å². The van der Waals surface area contributed by atoms with Crippen LogP contribution < -0.4 is 10.2 Å². The second kappa shape index (κ2) is 8.81. The summed E-state index contributed by atoms with van der Waals surface area (Å²) >= 11 is 1.78. The van der Waals surface area contributed by atoms with Gasteiger partial charge in [-0.2, -0.15) is 0 Å². The van der Waals surface area contributed by atoms with E-state index < -0.39 is 0 Å². The maximum Gasteiger partial charge on any atom is 0.124 e. The van der Waals surface area contributed by atoms with Gasteiger partial charge in [0.25, 0.3) is 0 Å². The molecule has 0 bridgehead atoms. The Labute approximate surface area is 198 Å². The molecule has 2 heterocycles. The summed E-state index contributed by atoms with van der Waals surface area (Å²) in [6, 6.07) is 34.6. The molecule has 0 unspecified atom stereocenters. The van der Waals surface area contributed by atoms with Gasteiger partial charge in [0.2, 0.25) is 0 Å². The van der Waals surface area contributed by atoms with E-state index >= 15 is 0 Å². The second-order valence-corrected chi connectivity index (χ2v) is 9.37. The van der Waals surface area contributed by atoms with Crippen LogP contribution in [0.1, 0.15) is 0 Å². The molecule has 1 aliphatic rings. The highest BCUT2D eigenvalue weighted by atomic mass is 32.1. The van der Waals surface area contributed by atoms with Crippen molar-refractivity contribution in [1.82, 2.24) is 10.3 Å². The Morgan fingerprint density at radius 2 is 1.42 bits per heavy atom. The number of piperazine rings is 1. The third-order valence-corrected chi connectivity index (χ3v) is 7.46. The van der Waals surface area contributed by atoms with Crippen LogP contribution in [-0.2, 0) is 0 Å². The molecule has 33 heavy (non-hydrogen) atoms. The molecule has 0 radical (unpaired) electrons. The van der Waals surface area contributed by atoms with Crippen molar-refractivity contribution in [2.45, 2.75) is 0 Å². The Balaban J connectivity index is 1.46. The molecule has 1 aromatic heterocycles. The second-order valence-electron chi connectivity index (χ2n) is 8.37. The number of hydrogen-bond donors (Lipinski definition) is 1. The van der Waals surface area contributed by atoms with Gasteiger partial charge in [-0.1, -0.05) is 72.8 Å². The van der Waals surface area contributed by atoms with Crippen molar-refractivity contribution in [2.75, 3.05) is 31.1 Å².